The van der Waals surface area contributed by atoms with Gasteiger partial charge in [0.05, 0.1) is 6.10 Å². The fraction of sp³-hybridized carbons (Fsp3) is 0.455. The topological polar surface area (TPSA) is 74.6 Å². The normalized spacial score (nSPS) is 13.8. The van der Waals surface area contributed by atoms with Crippen molar-refractivity contribution in [2.24, 2.45) is 0 Å². The first-order valence-corrected chi connectivity index (χ1v) is 6.52. The average Bonchev–Trinajstić information content (AvgIpc) is 1.96. The maximum absolute atomic E-state index is 10.7. The monoisotopic (exact) mass is 244 g/mol. The Labute approximate surface area is 95.7 Å². The lowest BCUT2D eigenvalue weighted by Crippen LogP contribution is -2.15. The molecule has 1 aromatic carbocycles. The van der Waals surface area contributed by atoms with Gasteiger partial charge < -0.3 is 5.11 Å². The summed E-state index contributed by atoms with van der Waals surface area (Å²) >= 11 is 0. The van der Waals surface area contributed by atoms with Crippen LogP contribution in [0.3, 0.4) is 0 Å². The molecule has 0 radical (unpaired) electrons. The van der Waals surface area contributed by atoms with Gasteiger partial charge in [-0.25, -0.2) is 0 Å². The molecule has 0 fully saturated rings. The van der Waals surface area contributed by atoms with Gasteiger partial charge in [-0.15, -0.1) is 0 Å². The van der Waals surface area contributed by atoms with Crippen molar-refractivity contribution in [3.8, 4) is 0 Å². The predicted octanol–water partition coefficient (Wildman–Crippen LogP) is 1.53. The first-order chi connectivity index (χ1) is 7.20. The summed E-state index contributed by atoms with van der Waals surface area (Å²) in [5.74, 6) is -0.669. The summed E-state index contributed by atoms with van der Waals surface area (Å²) in [6, 6.07) is 3.74. The largest absolute Gasteiger partial charge is 0.387 e. The van der Waals surface area contributed by atoms with Crippen LogP contribution in [-0.2, 0) is 10.1 Å². The van der Waals surface area contributed by atoms with Crippen molar-refractivity contribution in [3.63, 3.8) is 0 Å². The number of aryl methyl sites for hydroxylation is 3. The van der Waals surface area contributed by atoms with Crippen molar-refractivity contribution in [2.75, 3.05) is 5.75 Å². The number of aliphatic hydroxyl groups excluding tert-OH is 1. The van der Waals surface area contributed by atoms with Crippen LogP contribution in [0, 0.1) is 20.8 Å². The molecule has 0 amide bonds. The van der Waals surface area contributed by atoms with Gasteiger partial charge in [0.25, 0.3) is 10.1 Å². The van der Waals surface area contributed by atoms with Gasteiger partial charge in [-0.1, -0.05) is 17.7 Å². The summed E-state index contributed by atoms with van der Waals surface area (Å²) < 4.78 is 30.1. The number of benzene rings is 1. The molecule has 0 aliphatic rings. The highest BCUT2D eigenvalue weighted by Gasteiger charge is 2.19. The Bertz CT molecular complexity index is 468. The summed E-state index contributed by atoms with van der Waals surface area (Å²) in [6.07, 6.45) is -1.18. The van der Waals surface area contributed by atoms with E-state index in [1.165, 1.54) is 0 Å². The van der Waals surface area contributed by atoms with Crippen molar-refractivity contribution < 1.29 is 18.1 Å². The van der Waals surface area contributed by atoms with E-state index in [1.807, 2.05) is 32.9 Å². The minimum Gasteiger partial charge on any atom is -0.387 e. The average molecular weight is 244 g/mol. The van der Waals surface area contributed by atoms with Gasteiger partial charge in [-0.2, -0.15) is 8.42 Å². The number of aliphatic hydroxyl groups is 1. The number of hydrogen-bond acceptors (Lipinski definition) is 3. The van der Waals surface area contributed by atoms with Crippen molar-refractivity contribution in [1.82, 2.24) is 0 Å². The molecule has 4 nitrogen and oxygen atoms in total. The van der Waals surface area contributed by atoms with Gasteiger partial charge in [0.15, 0.2) is 0 Å². The van der Waals surface area contributed by atoms with Gasteiger partial charge in [0.2, 0.25) is 0 Å². The number of hydrogen-bond donors (Lipinski definition) is 2. The molecule has 0 aromatic heterocycles. The van der Waals surface area contributed by atoms with E-state index in [0.29, 0.717) is 5.56 Å². The Morgan fingerprint density at radius 1 is 1.19 bits per heavy atom. The van der Waals surface area contributed by atoms with Crippen LogP contribution in [0.5, 0.6) is 0 Å². The minimum absolute atomic E-state index is 0.572. The Hall–Kier alpha value is -0.910. The molecular weight excluding hydrogens is 228 g/mol. The lowest BCUT2D eigenvalue weighted by molar-refractivity contribution is 0.197. The molecule has 0 spiro atoms. The van der Waals surface area contributed by atoms with Gasteiger partial charge in [-0.05, 0) is 37.5 Å². The van der Waals surface area contributed by atoms with Crippen LogP contribution in [0.15, 0.2) is 12.1 Å². The zero-order valence-corrected chi connectivity index (χ0v) is 10.4. The molecule has 0 saturated heterocycles. The Balaban J connectivity index is 3.14. The van der Waals surface area contributed by atoms with E-state index in [-0.39, 0.29) is 0 Å². The van der Waals surface area contributed by atoms with Crippen molar-refractivity contribution in [1.29, 1.82) is 0 Å². The highest BCUT2D eigenvalue weighted by Crippen LogP contribution is 2.24. The maximum Gasteiger partial charge on any atom is 0.267 e. The quantitative estimate of drug-likeness (QED) is 0.791. The van der Waals surface area contributed by atoms with E-state index in [1.54, 1.807) is 0 Å². The first kappa shape index (κ1) is 13.2. The third kappa shape index (κ3) is 3.30. The third-order valence-electron chi connectivity index (χ3n) is 2.44. The second-order valence-corrected chi connectivity index (χ2v) is 5.57. The Morgan fingerprint density at radius 2 is 1.62 bits per heavy atom. The van der Waals surface area contributed by atoms with E-state index in [2.05, 4.69) is 0 Å². The third-order valence-corrected chi connectivity index (χ3v) is 3.18. The second kappa shape index (κ2) is 4.53. The lowest BCUT2D eigenvalue weighted by atomic mass is 9.96. The van der Waals surface area contributed by atoms with Crippen LogP contribution in [0.4, 0.5) is 0 Å². The molecular formula is C11H16O4S. The fourth-order valence-corrected chi connectivity index (χ4v) is 2.57. The SMILES string of the molecule is Cc1cc(C)c(C(O)CS(=O)(=O)O)c(C)c1. The highest BCUT2D eigenvalue weighted by atomic mass is 32.2. The molecule has 1 atom stereocenters. The first-order valence-electron chi connectivity index (χ1n) is 4.91. The predicted molar refractivity (Wildman–Crippen MR) is 62.0 cm³/mol. The Kier molecular flexibility index (Phi) is 3.72. The number of rotatable bonds is 3. The zero-order valence-electron chi connectivity index (χ0n) is 9.56. The van der Waals surface area contributed by atoms with Crippen LogP contribution in [0.1, 0.15) is 28.4 Å². The standard InChI is InChI=1S/C11H16O4S/c1-7-4-8(2)11(9(3)5-7)10(12)6-16(13,14)15/h4-5,10,12H,6H2,1-3H3,(H,13,14,15). The van der Waals surface area contributed by atoms with Gasteiger partial charge in [0.1, 0.15) is 5.75 Å². The molecule has 0 saturated carbocycles. The summed E-state index contributed by atoms with van der Waals surface area (Å²) in [5.41, 5.74) is 3.28. The minimum atomic E-state index is -4.17. The second-order valence-electron chi connectivity index (χ2n) is 4.08. The summed E-state index contributed by atoms with van der Waals surface area (Å²) in [6.45, 7) is 5.55. The molecule has 5 heteroatoms. The van der Waals surface area contributed by atoms with E-state index in [0.717, 1.165) is 16.7 Å². The molecule has 16 heavy (non-hydrogen) atoms. The van der Waals surface area contributed by atoms with E-state index in [4.69, 9.17) is 4.55 Å². The molecule has 1 aromatic rings. The summed E-state index contributed by atoms with van der Waals surface area (Å²) in [4.78, 5) is 0. The Morgan fingerprint density at radius 3 is 2.00 bits per heavy atom. The molecule has 0 aliphatic heterocycles. The molecule has 0 aliphatic carbocycles. The molecule has 0 heterocycles. The van der Waals surface area contributed by atoms with Crippen LogP contribution < -0.4 is 0 Å². The summed E-state index contributed by atoms with van der Waals surface area (Å²) in [5, 5.41) is 9.77. The molecule has 1 unspecified atom stereocenters. The van der Waals surface area contributed by atoms with E-state index in [9.17, 15) is 13.5 Å². The van der Waals surface area contributed by atoms with Crippen LogP contribution in [0.2, 0.25) is 0 Å². The van der Waals surface area contributed by atoms with Crippen molar-refractivity contribution in [3.05, 3.63) is 34.4 Å². The van der Waals surface area contributed by atoms with Gasteiger partial charge in [-0.3, -0.25) is 4.55 Å². The van der Waals surface area contributed by atoms with Crippen molar-refractivity contribution >= 4 is 10.1 Å². The summed E-state index contributed by atoms with van der Waals surface area (Å²) in [7, 11) is -4.17. The molecule has 90 valence electrons. The molecule has 2 N–H and O–H groups in total. The lowest BCUT2D eigenvalue weighted by Gasteiger charge is -2.16. The van der Waals surface area contributed by atoms with Gasteiger partial charge in [0, 0.05) is 0 Å². The fourth-order valence-electron chi connectivity index (χ4n) is 2.00. The smallest absolute Gasteiger partial charge is 0.267 e. The molecule has 0 bridgehead atoms. The van der Waals surface area contributed by atoms with Crippen LogP contribution in [-0.4, -0.2) is 23.8 Å². The van der Waals surface area contributed by atoms with Gasteiger partial charge >= 0.3 is 0 Å². The van der Waals surface area contributed by atoms with Crippen LogP contribution >= 0.6 is 0 Å². The van der Waals surface area contributed by atoms with Crippen molar-refractivity contribution in [2.45, 2.75) is 26.9 Å². The van der Waals surface area contributed by atoms with E-state index < -0.39 is 22.0 Å². The zero-order chi connectivity index (χ0) is 12.5. The highest BCUT2D eigenvalue weighted by molar-refractivity contribution is 7.85. The van der Waals surface area contributed by atoms with Crippen LogP contribution in [0.25, 0.3) is 0 Å². The maximum atomic E-state index is 10.7. The molecule has 1 rings (SSSR count). The van der Waals surface area contributed by atoms with E-state index >= 15 is 0 Å².